The lowest BCUT2D eigenvalue weighted by atomic mass is 10.1. The zero-order valence-corrected chi connectivity index (χ0v) is 11.3. The minimum Gasteiger partial charge on any atom is -0.354 e. The fourth-order valence-electron chi connectivity index (χ4n) is 2.74. The minimum absolute atomic E-state index is 0.524. The molecule has 1 aliphatic rings. The molecule has 0 amide bonds. The van der Waals surface area contributed by atoms with Crippen molar-refractivity contribution in [1.29, 1.82) is 0 Å². The molecule has 0 bridgehead atoms. The van der Waals surface area contributed by atoms with E-state index in [0.717, 1.165) is 23.4 Å². The summed E-state index contributed by atoms with van der Waals surface area (Å²) in [5.41, 5.74) is 2.20. The number of para-hydroxylation sites is 1. The molecular formula is C15H17ClN2. The van der Waals surface area contributed by atoms with Crippen LogP contribution in [0.25, 0.3) is 10.9 Å². The van der Waals surface area contributed by atoms with E-state index in [1.807, 2.05) is 12.1 Å². The summed E-state index contributed by atoms with van der Waals surface area (Å²) in [6.45, 7) is 3.36. The van der Waals surface area contributed by atoms with Crippen LogP contribution in [0.3, 0.4) is 0 Å². The quantitative estimate of drug-likeness (QED) is 0.760. The number of benzene rings is 1. The van der Waals surface area contributed by atoms with Crippen molar-refractivity contribution in [2.24, 2.45) is 0 Å². The average Bonchev–Trinajstić information content (AvgIpc) is 2.83. The lowest BCUT2D eigenvalue weighted by Crippen LogP contribution is -2.28. The van der Waals surface area contributed by atoms with Gasteiger partial charge in [-0.05, 0) is 31.9 Å². The Balaban J connectivity index is 2.14. The van der Waals surface area contributed by atoms with Gasteiger partial charge in [-0.2, -0.15) is 0 Å². The highest BCUT2D eigenvalue weighted by atomic mass is 35.5. The van der Waals surface area contributed by atoms with Crippen molar-refractivity contribution in [3.8, 4) is 0 Å². The Morgan fingerprint density at radius 3 is 2.94 bits per heavy atom. The average molecular weight is 261 g/mol. The summed E-state index contributed by atoms with van der Waals surface area (Å²) in [4.78, 5) is 7.21. The second kappa shape index (κ2) is 4.77. The van der Waals surface area contributed by atoms with Gasteiger partial charge in [0.25, 0.3) is 0 Å². The van der Waals surface area contributed by atoms with Gasteiger partial charge in [0.1, 0.15) is 5.82 Å². The molecule has 1 atom stereocenters. The number of hydrogen-bond acceptors (Lipinski definition) is 2. The topological polar surface area (TPSA) is 16.1 Å². The molecule has 2 heterocycles. The Hall–Kier alpha value is -1.28. The Morgan fingerprint density at radius 1 is 1.39 bits per heavy atom. The predicted molar refractivity (Wildman–Crippen MR) is 77.3 cm³/mol. The number of alkyl halides is 1. The molecule has 1 fully saturated rings. The molecule has 1 aliphatic heterocycles. The van der Waals surface area contributed by atoms with Gasteiger partial charge in [0.15, 0.2) is 0 Å². The monoisotopic (exact) mass is 260 g/mol. The molecule has 3 rings (SSSR count). The van der Waals surface area contributed by atoms with E-state index in [9.17, 15) is 0 Å². The number of halogens is 1. The molecular weight excluding hydrogens is 244 g/mol. The number of nitrogens with zero attached hydrogens (tertiary/aromatic N) is 2. The summed E-state index contributed by atoms with van der Waals surface area (Å²) < 4.78 is 0. The molecule has 1 unspecified atom stereocenters. The van der Waals surface area contributed by atoms with E-state index in [-0.39, 0.29) is 0 Å². The standard InChI is InChI=1S/C15H17ClN2/c1-11-5-4-8-18(11)15-13(10-16)9-12-6-2-3-7-14(12)17-15/h2-3,6-7,9,11H,4-5,8,10H2,1H3. The van der Waals surface area contributed by atoms with Gasteiger partial charge >= 0.3 is 0 Å². The lowest BCUT2D eigenvalue weighted by Gasteiger charge is -2.25. The number of pyridine rings is 1. The molecule has 2 nitrogen and oxygen atoms in total. The first kappa shape index (κ1) is 11.8. The third kappa shape index (κ3) is 1.95. The number of anilines is 1. The van der Waals surface area contributed by atoms with Crippen LogP contribution in [0.5, 0.6) is 0 Å². The van der Waals surface area contributed by atoms with Crippen LogP contribution < -0.4 is 4.90 Å². The Morgan fingerprint density at radius 2 is 2.22 bits per heavy atom. The summed E-state index contributed by atoms with van der Waals surface area (Å²) in [6, 6.07) is 11.0. The minimum atomic E-state index is 0.524. The van der Waals surface area contributed by atoms with Crippen LogP contribution in [-0.2, 0) is 5.88 Å². The Labute approximate surface area is 113 Å². The second-order valence-electron chi connectivity index (χ2n) is 4.98. The zero-order valence-electron chi connectivity index (χ0n) is 10.6. The van der Waals surface area contributed by atoms with Crippen molar-refractivity contribution in [2.75, 3.05) is 11.4 Å². The van der Waals surface area contributed by atoms with Crippen LogP contribution >= 0.6 is 11.6 Å². The first-order valence-electron chi connectivity index (χ1n) is 6.51. The van der Waals surface area contributed by atoms with E-state index >= 15 is 0 Å². The summed E-state index contributed by atoms with van der Waals surface area (Å²) in [5, 5.41) is 1.17. The summed E-state index contributed by atoms with van der Waals surface area (Å²) in [6.07, 6.45) is 2.49. The molecule has 0 N–H and O–H groups in total. The Kier molecular flexibility index (Phi) is 3.13. The fourth-order valence-corrected chi connectivity index (χ4v) is 2.94. The molecule has 0 radical (unpaired) electrons. The maximum Gasteiger partial charge on any atom is 0.133 e. The maximum atomic E-state index is 6.09. The molecule has 18 heavy (non-hydrogen) atoms. The maximum absolute atomic E-state index is 6.09. The van der Waals surface area contributed by atoms with Gasteiger partial charge in [-0.25, -0.2) is 4.98 Å². The largest absolute Gasteiger partial charge is 0.354 e. The summed E-state index contributed by atoms with van der Waals surface area (Å²) >= 11 is 6.09. The van der Waals surface area contributed by atoms with Gasteiger partial charge in [0.05, 0.1) is 11.4 Å². The van der Waals surface area contributed by atoms with E-state index in [0.29, 0.717) is 11.9 Å². The number of hydrogen-bond donors (Lipinski definition) is 0. The van der Waals surface area contributed by atoms with Crippen molar-refractivity contribution < 1.29 is 0 Å². The van der Waals surface area contributed by atoms with Crippen molar-refractivity contribution >= 4 is 28.3 Å². The zero-order chi connectivity index (χ0) is 12.5. The molecule has 0 saturated carbocycles. The SMILES string of the molecule is CC1CCCN1c1nc2ccccc2cc1CCl. The van der Waals surface area contributed by atoms with Crippen molar-refractivity contribution in [2.45, 2.75) is 31.7 Å². The lowest BCUT2D eigenvalue weighted by molar-refractivity contribution is 0.726. The molecule has 0 aliphatic carbocycles. The van der Waals surface area contributed by atoms with Crippen LogP contribution in [-0.4, -0.2) is 17.6 Å². The van der Waals surface area contributed by atoms with Crippen molar-refractivity contribution in [3.63, 3.8) is 0 Å². The normalized spacial score (nSPS) is 19.7. The molecule has 3 heteroatoms. The van der Waals surface area contributed by atoms with E-state index in [1.165, 1.54) is 18.2 Å². The molecule has 0 spiro atoms. The van der Waals surface area contributed by atoms with Crippen molar-refractivity contribution in [3.05, 3.63) is 35.9 Å². The highest BCUT2D eigenvalue weighted by Gasteiger charge is 2.23. The molecule has 2 aromatic rings. The number of fused-ring (bicyclic) bond motifs is 1. The fraction of sp³-hybridized carbons (Fsp3) is 0.400. The molecule has 1 aromatic heterocycles. The third-order valence-electron chi connectivity index (χ3n) is 3.75. The van der Waals surface area contributed by atoms with E-state index < -0.39 is 0 Å². The third-order valence-corrected chi connectivity index (χ3v) is 4.04. The summed E-state index contributed by atoms with van der Waals surface area (Å²) in [5.74, 6) is 1.60. The van der Waals surface area contributed by atoms with Gasteiger partial charge in [0.2, 0.25) is 0 Å². The number of aromatic nitrogens is 1. The molecule has 1 aromatic carbocycles. The molecule has 94 valence electrons. The smallest absolute Gasteiger partial charge is 0.133 e. The van der Waals surface area contributed by atoms with E-state index in [2.05, 4.69) is 30.0 Å². The van der Waals surface area contributed by atoms with E-state index in [1.54, 1.807) is 0 Å². The van der Waals surface area contributed by atoms with Gasteiger partial charge in [-0.15, -0.1) is 11.6 Å². The van der Waals surface area contributed by atoms with Crippen molar-refractivity contribution in [1.82, 2.24) is 4.98 Å². The van der Waals surface area contributed by atoms with Gasteiger partial charge in [0, 0.05) is 23.5 Å². The van der Waals surface area contributed by atoms with Crippen LogP contribution in [0, 0.1) is 0 Å². The van der Waals surface area contributed by atoms with Gasteiger partial charge < -0.3 is 4.90 Å². The van der Waals surface area contributed by atoms with Crippen LogP contribution in [0.15, 0.2) is 30.3 Å². The van der Waals surface area contributed by atoms with Crippen LogP contribution in [0.1, 0.15) is 25.3 Å². The second-order valence-corrected chi connectivity index (χ2v) is 5.25. The predicted octanol–water partition coefficient (Wildman–Crippen LogP) is 3.96. The summed E-state index contributed by atoms with van der Waals surface area (Å²) in [7, 11) is 0. The Bertz CT molecular complexity index is 567. The highest BCUT2D eigenvalue weighted by molar-refractivity contribution is 6.17. The van der Waals surface area contributed by atoms with Gasteiger partial charge in [-0.3, -0.25) is 0 Å². The van der Waals surface area contributed by atoms with E-state index in [4.69, 9.17) is 16.6 Å². The highest BCUT2D eigenvalue weighted by Crippen LogP contribution is 2.30. The molecule has 1 saturated heterocycles. The first-order valence-corrected chi connectivity index (χ1v) is 7.04. The van der Waals surface area contributed by atoms with Gasteiger partial charge in [-0.1, -0.05) is 18.2 Å². The number of rotatable bonds is 2. The van der Waals surface area contributed by atoms with Crippen LogP contribution in [0.2, 0.25) is 0 Å². The first-order chi connectivity index (χ1) is 8.79. The van der Waals surface area contributed by atoms with Crippen LogP contribution in [0.4, 0.5) is 5.82 Å².